The zero-order valence-electron chi connectivity index (χ0n) is 11.5. The SMILES string of the molecule is CCC(C)(C)N(C)Cc1ccc(C(N)=S)cc1Cl. The quantitative estimate of drug-likeness (QED) is 0.838. The molecule has 1 aromatic rings. The second kappa shape index (κ2) is 6.00. The van der Waals surface area contributed by atoms with Gasteiger partial charge in [-0.15, -0.1) is 0 Å². The lowest BCUT2D eigenvalue weighted by Gasteiger charge is -2.35. The minimum Gasteiger partial charge on any atom is -0.389 e. The number of hydrogen-bond donors (Lipinski definition) is 1. The van der Waals surface area contributed by atoms with Crippen molar-refractivity contribution in [3.05, 3.63) is 34.3 Å². The van der Waals surface area contributed by atoms with E-state index in [1.165, 1.54) is 0 Å². The maximum Gasteiger partial charge on any atom is 0.104 e. The Labute approximate surface area is 120 Å². The van der Waals surface area contributed by atoms with E-state index in [4.69, 9.17) is 29.6 Å². The molecule has 0 aliphatic carbocycles. The molecule has 4 heteroatoms. The summed E-state index contributed by atoms with van der Waals surface area (Å²) in [6.07, 6.45) is 1.09. The molecule has 0 saturated heterocycles. The Morgan fingerprint density at radius 1 is 1.44 bits per heavy atom. The summed E-state index contributed by atoms with van der Waals surface area (Å²) in [6.45, 7) is 7.46. The van der Waals surface area contributed by atoms with Crippen LogP contribution >= 0.6 is 23.8 Å². The number of nitrogens with zero attached hydrogens (tertiary/aromatic N) is 1. The van der Waals surface area contributed by atoms with Gasteiger partial charge in [-0.05, 0) is 38.9 Å². The molecule has 18 heavy (non-hydrogen) atoms. The molecule has 0 atom stereocenters. The molecule has 0 saturated carbocycles. The highest BCUT2D eigenvalue weighted by atomic mass is 35.5. The number of hydrogen-bond acceptors (Lipinski definition) is 2. The lowest BCUT2D eigenvalue weighted by Crippen LogP contribution is -2.39. The summed E-state index contributed by atoms with van der Waals surface area (Å²) in [5.41, 5.74) is 7.66. The molecule has 1 aromatic carbocycles. The molecule has 0 aliphatic rings. The van der Waals surface area contributed by atoms with Crippen LogP contribution in [0.3, 0.4) is 0 Å². The van der Waals surface area contributed by atoms with Gasteiger partial charge in [-0.25, -0.2) is 0 Å². The number of halogens is 1. The Morgan fingerprint density at radius 2 is 2.06 bits per heavy atom. The summed E-state index contributed by atoms with van der Waals surface area (Å²) >= 11 is 11.2. The Morgan fingerprint density at radius 3 is 2.50 bits per heavy atom. The van der Waals surface area contributed by atoms with Crippen LogP contribution < -0.4 is 5.73 Å². The van der Waals surface area contributed by atoms with Gasteiger partial charge in [-0.2, -0.15) is 0 Å². The second-order valence-electron chi connectivity index (χ2n) is 5.19. The van der Waals surface area contributed by atoms with Crippen LogP contribution in [-0.2, 0) is 6.54 Å². The molecule has 0 heterocycles. The molecule has 2 N–H and O–H groups in total. The molecule has 0 unspecified atom stereocenters. The minimum atomic E-state index is 0.158. The maximum absolute atomic E-state index is 6.27. The first-order valence-electron chi connectivity index (χ1n) is 6.07. The van der Waals surface area contributed by atoms with Gasteiger partial charge in [0.2, 0.25) is 0 Å². The molecule has 0 amide bonds. The molecule has 0 radical (unpaired) electrons. The van der Waals surface area contributed by atoms with Gasteiger partial charge in [0.1, 0.15) is 4.99 Å². The Bertz CT molecular complexity index is 443. The summed E-state index contributed by atoms with van der Waals surface area (Å²) in [7, 11) is 2.11. The molecule has 0 spiro atoms. The van der Waals surface area contributed by atoms with Crippen molar-refractivity contribution in [1.29, 1.82) is 0 Å². The van der Waals surface area contributed by atoms with Gasteiger partial charge in [-0.1, -0.05) is 42.9 Å². The number of benzene rings is 1. The maximum atomic E-state index is 6.27. The van der Waals surface area contributed by atoms with Gasteiger partial charge in [0, 0.05) is 22.7 Å². The molecule has 100 valence electrons. The van der Waals surface area contributed by atoms with Gasteiger partial charge in [0.25, 0.3) is 0 Å². The molecule has 0 aromatic heterocycles. The third-order valence-electron chi connectivity index (χ3n) is 3.64. The van der Waals surface area contributed by atoms with Crippen molar-refractivity contribution in [1.82, 2.24) is 4.90 Å². The van der Waals surface area contributed by atoms with Crippen molar-refractivity contribution in [2.45, 2.75) is 39.3 Å². The van der Waals surface area contributed by atoms with Crippen LogP contribution in [0.4, 0.5) is 0 Å². The largest absolute Gasteiger partial charge is 0.389 e. The summed E-state index contributed by atoms with van der Waals surface area (Å²) in [6, 6.07) is 5.77. The molecular weight excluding hydrogens is 264 g/mol. The normalized spacial score (nSPS) is 11.9. The first kappa shape index (κ1) is 15.4. The van der Waals surface area contributed by atoms with Crippen LogP contribution in [0, 0.1) is 0 Å². The van der Waals surface area contributed by atoms with E-state index < -0.39 is 0 Å². The van der Waals surface area contributed by atoms with Crippen molar-refractivity contribution in [3.63, 3.8) is 0 Å². The van der Waals surface area contributed by atoms with Crippen LogP contribution in [-0.4, -0.2) is 22.5 Å². The van der Waals surface area contributed by atoms with Gasteiger partial charge in [0.05, 0.1) is 0 Å². The lowest BCUT2D eigenvalue weighted by molar-refractivity contribution is 0.143. The topological polar surface area (TPSA) is 29.3 Å². The van der Waals surface area contributed by atoms with E-state index in [2.05, 4.69) is 32.7 Å². The molecule has 0 aliphatic heterocycles. The minimum absolute atomic E-state index is 0.158. The van der Waals surface area contributed by atoms with Crippen LogP contribution in [0.25, 0.3) is 0 Å². The van der Waals surface area contributed by atoms with Crippen molar-refractivity contribution < 1.29 is 0 Å². The van der Waals surface area contributed by atoms with E-state index in [-0.39, 0.29) is 5.54 Å². The van der Waals surface area contributed by atoms with Crippen molar-refractivity contribution in [3.8, 4) is 0 Å². The highest BCUT2D eigenvalue weighted by Gasteiger charge is 2.21. The third-order valence-corrected chi connectivity index (χ3v) is 4.23. The van der Waals surface area contributed by atoms with E-state index in [1.54, 1.807) is 0 Å². The molecule has 1 rings (SSSR count). The summed E-state index contributed by atoms with van der Waals surface area (Å²) in [5, 5.41) is 0.721. The van der Waals surface area contributed by atoms with Gasteiger partial charge >= 0.3 is 0 Å². The summed E-state index contributed by atoms with van der Waals surface area (Å²) in [4.78, 5) is 2.68. The summed E-state index contributed by atoms with van der Waals surface area (Å²) in [5.74, 6) is 0. The molecule has 0 fully saturated rings. The average Bonchev–Trinajstić information content (AvgIpc) is 2.31. The van der Waals surface area contributed by atoms with E-state index in [1.807, 2.05) is 18.2 Å². The third kappa shape index (κ3) is 3.67. The molecular formula is C14H21ClN2S. The average molecular weight is 285 g/mol. The molecule has 2 nitrogen and oxygen atoms in total. The number of thiocarbonyl (C=S) groups is 1. The van der Waals surface area contributed by atoms with Crippen molar-refractivity contribution >= 4 is 28.8 Å². The monoisotopic (exact) mass is 284 g/mol. The van der Waals surface area contributed by atoms with Crippen LogP contribution in [0.2, 0.25) is 5.02 Å². The predicted octanol–water partition coefficient (Wildman–Crippen LogP) is 3.59. The zero-order chi connectivity index (χ0) is 13.9. The van der Waals surface area contributed by atoms with Gasteiger partial charge in [-0.3, -0.25) is 4.90 Å². The Hall–Kier alpha value is -0.640. The second-order valence-corrected chi connectivity index (χ2v) is 6.04. The van der Waals surface area contributed by atoms with Crippen LogP contribution in [0.1, 0.15) is 38.3 Å². The zero-order valence-corrected chi connectivity index (χ0v) is 13.0. The Balaban J connectivity index is 2.89. The van der Waals surface area contributed by atoms with E-state index in [9.17, 15) is 0 Å². The standard InChI is InChI=1S/C14H21ClN2S/c1-5-14(2,3)17(4)9-11-7-6-10(13(16)18)8-12(11)15/h6-8H,5,9H2,1-4H3,(H2,16,18). The van der Waals surface area contributed by atoms with E-state index in [0.29, 0.717) is 4.99 Å². The number of rotatable bonds is 5. The van der Waals surface area contributed by atoms with Crippen molar-refractivity contribution in [2.75, 3.05) is 7.05 Å². The fourth-order valence-corrected chi connectivity index (χ4v) is 1.94. The fraction of sp³-hybridized carbons (Fsp3) is 0.500. The van der Waals surface area contributed by atoms with Gasteiger partial charge in [0.15, 0.2) is 0 Å². The summed E-state index contributed by atoms with van der Waals surface area (Å²) < 4.78 is 0. The van der Waals surface area contributed by atoms with Crippen molar-refractivity contribution in [2.24, 2.45) is 5.73 Å². The highest BCUT2D eigenvalue weighted by molar-refractivity contribution is 7.80. The van der Waals surface area contributed by atoms with Crippen LogP contribution in [0.5, 0.6) is 0 Å². The lowest BCUT2D eigenvalue weighted by atomic mass is 9.99. The van der Waals surface area contributed by atoms with E-state index >= 15 is 0 Å². The first-order valence-corrected chi connectivity index (χ1v) is 6.86. The van der Waals surface area contributed by atoms with E-state index in [0.717, 1.165) is 29.1 Å². The highest BCUT2D eigenvalue weighted by Crippen LogP contribution is 2.24. The van der Waals surface area contributed by atoms with Crippen LogP contribution in [0.15, 0.2) is 18.2 Å². The smallest absolute Gasteiger partial charge is 0.104 e. The first-order chi connectivity index (χ1) is 8.27. The number of nitrogens with two attached hydrogens (primary N) is 1. The molecule has 0 bridgehead atoms. The van der Waals surface area contributed by atoms with Gasteiger partial charge < -0.3 is 5.73 Å². The Kier molecular flexibility index (Phi) is 5.14. The predicted molar refractivity (Wildman–Crippen MR) is 83.2 cm³/mol. The fourth-order valence-electron chi connectivity index (χ4n) is 1.57.